The first-order valence-electron chi connectivity index (χ1n) is 8.35. The van der Waals surface area contributed by atoms with Crippen molar-refractivity contribution in [2.24, 2.45) is 0 Å². The summed E-state index contributed by atoms with van der Waals surface area (Å²) < 4.78 is 26.6. The van der Waals surface area contributed by atoms with Crippen LogP contribution in [0.4, 0.5) is 0 Å². The summed E-state index contributed by atoms with van der Waals surface area (Å²) in [5, 5.41) is 8.02. The van der Waals surface area contributed by atoms with Crippen LogP contribution in [0.15, 0.2) is 12.3 Å². The van der Waals surface area contributed by atoms with Gasteiger partial charge in [0.05, 0.1) is 34.8 Å². The summed E-state index contributed by atoms with van der Waals surface area (Å²) in [5.41, 5.74) is 0.489. The van der Waals surface area contributed by atoms with E-state index < -0.39 is 9.84 Å². The largest absolute Gasteiger partial charge is 0.351 e. The lowest BCUT2D eigenvalue weighted by Crippen LogP contribution is -2.43. The van der Waals surface area contributed by atoms with E-state index in [-0.39, 0.29) is 30.0 Å². The van der Waals surface area contributed by atoms with E-state index in [0.717, 1.165) is 0 Å². The fraction of sp³-hybridized carbons (Fsp3) is 0.533. The van der Waals surface area contributed by atoms with E-state index in [1.807, 2.05) is 11.8 Å². The fourth-order valence-corrected chi connectivity index (χ4v) is 5.39. The number of carbonyl (C=O) groups is 1. The number of likely N-dealkylation sites (N-methyl/N-ethyl adjacent to an activating group) is 1. The van der Waals surface area contributed by atoms with Crippen LogP contribution < -0.4 is 5.32 Å². The molecule has 3 rings (SSSR count). The first-order valence-corrected chi connectivity index (χ1v) is 11.3. The second-order valence-electron chi connectivity index (χ2n) is 6.44. The summed E-state index contributed by atoms with van der Waals surface area (Å²) in [5.74, 6) is -0.105. The van der Waals surface area contributed by atoms with Gasteiger partial charge in [0.1, 0.15) is 0 Å². The minimum Gasteiger partial charge on any atom is -0.351 e. The number of hydrogen-bond acceptors (Lipinski definition) is 6. The van der Waals surface area contributed by atoms with Crippen LogP contribution in [0.5, 0.6) is 0 Å². The van der Waals surface area contributed by atoms with Crippen molar-refractivity contribution in [1.82, 2.24) is 24.4 Å². The number of pyridine rings is 1. The molecular formula is C15H19Cl2N5O3S2. The van der Waals surface area contributed by atoms with Gasteiger partial charge in [0.25, 0.3) is 0 Å². The molecule has 0 bridgehead atoms. The SMILES string of the molecule is CCN(CC(=O)NC1CCS(=O)(=O)C1)Cn1nc2c(Cl)cc(Cl)cn2c1=S. The maximum Gasteiger partial charge on any atom is 0.234 e. The molecule has 8 nitrogen and oxygen atoms in total. The van der Waals surface area contributed by atoms with E-state index in [9.17, 15) is 13.2 Å². The van der Waals surface area contributed by atoms with E-state index in [0.29, 0.717) is 40.1 Å². The zero-order chi connectivity index (χ0) is 19.8. The van der Waals surface area contributed by atoms with Crippen LogP contribution in [0, 0.1) is 4.77 Å². The Morgan fingerprint density at radius 1 is 1.48 bits per heavy atom. The molecule has 2 aromatic rings. The minimum absolute atomic E-state index is 0.00160. The molecule has 1 atom stereocenters. The summed E-state index contributed by atoms with van der Waals surface area (Å²) in [6.45, 7) is 2.90. The van der Waals surface area contributed by atoms with Gasteiger partial charge in [-0.25, -0.2) is 13.1 Å². The first-order chi connectivity index (χ1) is 12.7. The van der Waals surface area contributed by atoms with Gasteiger partial charge in [-0.3, -0.25) is 14.1 Å². The molecule has 1 saturated heterocycles. The normalized spacial score (nSPS) is 19.0. The smallest absolute Gasteiger partial charge is 0.234 e. The van der Waals surface area contributed by atoms with Crippen molar-refractivity contribution in [1.29, 1.82) is 0 Å². The number of fused-ring (bicyclic) bond motifs is 1. The molecule has 1 aliphatic rings. The molecule has 0 aromatic carbocycles. The first kappa shape index (κ1) is 20.5. The van der Waals surface area contributed by atoms with Gasteiger partial charge in [0.15, 0.2) is 15.5 Å². The molecule has 1 amide bonds. The van der Waals surface area contributed by atoms with Crippen LogP contribution in [0.3, 0.4) is 0 Å². The Morgan fingerprint density at radius 2 is 2.22 bits per heavy atom. The molecule has 3 heterocycles. The molecule has 1 unspecified atom stereocenters. The minimum atomic E-state index is -3.03. The molecule has 0 spiro atoms. The zero-order valence-electron chi connectivity index (χ0n) is 14.6. The third-order valence-electron chi connectivity index (χ3n) is 4.35. The monoisotopic (exact) mass is 451 g/mol. The van der Waals surface area contributed by atoms with Crippen molar-refractivity contribution in [2.75, 3.05) is 24.6 Å². The number of halogens is 2. The quantitative estimate of drug-likeness (QED) is 0.672. The molecule has 0 radical (unpaired) electrons. The van der Waals surface area contributed by atoms with E-state index in [1.54, 1.807) is 21.3 Å². The second kappa shape index (κ2) is 8.04. The van der Waals surface area contributed by atoms with Crippen molar-refractivity contribution >= 4 is 56.8 Å². The molecule has 1 aliphatic heterocycles. The highest BCUT2D eigenvalue weighted by molar-refractivity contribution is 7.91. The maximum atomic E-state index is 12.3. The van der Waals surface area contributed by atoms with E-state index >= 15 is 0 Å². The Hall–Kier alpha value is -1.20. The van der Waals surface area contributed by atoms with E-state index in [2.05, 4.69) is 10.4 Å². The molecule has 148 valence electrons. The van der Waals surface area contributed by atoms with Crippen LogP contribution in [0.2, 0.25) is 10.0 Å². The van der Waals surface area contributed by atoms with E-state index in [4.69, 9.17) is 35.4 Å². The van der Waals surface area contributed by atoms with Gasteiger partial charge < -0.3 is 5.32 Å². The zero-order valence-corrected chi connectivity index (χ0v) is 17.7. The van der Waals surface area contributed by atoms with Crippen molar-refractivity contribution in [3.05, 3.63) is 27.1 Å². The number of nitrogens with zero attached hydrogens (tertiary/aromatic N) is 4. The summed E-state index contributed by atoms with van der Waals surface area (Å²) in [4.78, 5) is 14.1. The summed E-state index contributed by atoms with van der Waals surface area (Å²) in [6.07, 6.45) is 2.09. The molecule has 27 heavy (non-hydrogen) atoms. The third kappa shape index (κ3) is 4.80. The lowest BCUT2D eigenvalue weighted by molar-refractivity contribution is -0.123. The molecular weight excluding hydrogens is 433 g/mol. The second-order valence-corrected chi connectivity index (χ2v) is 9.87. The van der Waals surface area contributed by atoms with Crippen LogP contribution in [0.25, 0.3) is 5.65 Å². The predicted octanol–water partition coefficient (Wildman–Crippen LogP) is 1.75. The van der Waals surface area contributed by atoms with Crippen molar-refractivity contribution < 1.29 is 13.2 Å². The maximum absolute atomic E-state index is 12.3. The number of aromatic nitrogens is 3. The Balaban J connectivity index is 1.69. The summed E-state index contributed by atoms with van der Waals surface area (Å²) >= 11 is 17.6. The average molecular weight is 452 g/mol. The molecule has 2 aromatic heterocycles. The number of hydrogen-bond donors (Lipinski definition) is 1. The molecule has 12 heteroatoms. The molecule has 1 fully saturated rings. The van der Waals surface area contributed by atoms with Crippen LogP contribution >= 0.6 is 35.4 Å². The lowest BCUT2D eigenvalue weighted by atomic mass is 10.2. The van der Waals surface area contributed by atoms with Crippen LogP contribution in [0.1, 0.15) is 13.3 Å². The van der Waals surface area contributed by atoms with Gasteiger partial charge in [0.2, 0.25) is 10.7 Å². The molecule has 0 saturated carbocycles. The Labute approximate surface area is 172 Å². The van der Waals surface area contributed by atoms with Gasteiger partial charge in [0, 0.05) is 12.2 Å². The molecule has 0 aliphatic carbocycles. The Bertz CT molecular complexity index is 1030. The number of rotatable bonds is 6. The van der Waals surface area contributed by atoms with Gasteiger partial charge >= 0.3 is 0 Å². The number of sulfone groups is 1. The number of nitrogens with one attached hydrogen (secondary N) is 1. The van der Waals surface area contributed by atoms with Gasteiger partial charge in [-0.05, 0) is 31.2 Å². The third-order valence-corrected chi connectivity index (χ3v) is 7.01. The predicted molar refractivity (Wildman–Crippen MR) is 106 cm³/mol. The fourth-order valence-electron chi connectivity index (χ4n) is 2.97. The van der Waals surface area contributed by atoms with E-state index in [1.165, 1.54) is 0 Å². The average Bonchev–Trinajstić information content (AvgIpc) is 3.07. The van der Waals surface area contributed by atoms with Crippen LogP contribution in [-0.4, -0.2) is 64.0 Å². The van der Waals surface area contributed by atoms with Crippen LogP contribution in [-0.2, 0) is 21.3 Å². The van der Waals surface area contributed by atoms with Gasteiger partial charge in [-0.1, -0.05) is 30.1 Å². The topological polar surface area (TPSA) is 88.7 Å². The molecule has 1 N–H and O–H groups in total. The summed E-state index contributed by atoms with van der Waals surface area (Å²) in [6, 6.07) is 1.27. The van der Waals surface area contributed by atoms with Crippen molar-refractivity contribution in [2.45, 2.75) is 26.1 Å². The van der Waals surface area contributed by atoms with Crippen molar-refractivity contribution in [3.8, 4) is 0 Å². The number of carbonyl (C=O) groups excluding carboxylic acids is 1. The Kier molecular flexibility index (Phi) is 6.11. The standard InChI is InChI=1S/C15H19Cl2N5O3S2/c1-2-20(7-13(23)18-11-3-4-27(24,25)8-11)9-22-15(26)21-6-10(16)5-12(17)14(21)19-22/h5-6,11H,2-4,7-9H2,1H3,(H,18,23). The lowest BCUT2D eigenvalue weighted by Gasteiger charge is -2.20. The van der Waals surface area contributed by atoms with Gasteiger partial charge in [-0.15, -0.1) is 5.10 Å². The number of amides is 1. The highest BCUT2D eigenvalue weighted by Crippen LogP contribution is 2.21. The highest BCUT2D eigenvalue weighted by Gasteiger charge is 2.29. The van der Waals surface area contributed by atoms with Crippen molar-refractivity contribution in [3.63, 3.8) is 0 Å². The summed E-state index contributed by atoms with van der Waals surface area (Å²) in [7, 11) is -3.03. The highest BCUT2D eigenvalue weighted by atomic mass is 35.5. The Morgan fingerprint density at radius 3 is 2.85 bits per heavy atom. The van der Waals surface area contributed by atoms with Gasteiger partial charge in [-0.2, -0.15) is 0 Å².